The molecule has 21 heavy (non-hydrogen) atoms. The van der Waals surface area contributed by atoms with Crippen molar-refractivity contribution in [2.24, 2.45) is 11.3 Å². The first-order chi connectivity index (χ1) is 10.2. The summed E-state index contributed by atoms with van der Waals surface area (Å²) in [7, 11) is 0. The Kier molecular flexibility index (Phi) is 7.01. The maximum absolute atomic E-state index is 3.75. The summed E-state index contributed by atoms with van der Waals surface area (Å²) in [4.78, 5) is 2.83. The smallest absolute Gasteiger partial charge is 0.00953 e. The molecule has 2 rings (SSSR count). The van der Waals surface area contributed by atoms with Crippen LogP contribution in [0, 0.1) is 11.3 Å². The average molecular weight is 295 g/mol. The zero-order valence-electron chi connectivity index (χ0n) is 14.8. The normalized spacial score (nSPS) is 31.1. The number of rotatable bonds is 8. The van der Waals surface area contributed by atoms with Crippen LogP contribution in [0.1, 0.15) is 78.6 Å². The van der Waals surface area contributed by atoms with Gasteiger partial charge >= 0.3 is 0 Å². The molecule has 0 aromatic carbocycles. The average Bonchev–Trinajstić information content (AvgIpc) is 3.02. The van der Waals surface area contributed by atoms with Crippen molar-refractivity contribution in [3.05, 3.63) is 0 Å². The molecule has 2 fully saturated rings. The van der Waals surface area contributed by atoms with Crippen molar-refractivity contribution in [1.29, 1.82) is 0 Å². The number of nitrogens with one attached hydrogen (secondary N) is 1. The van der Waals surface area contributed by atoms with Crippen molar-refractivity contribution in [2.75, 3.05) is 26.2 Å². The first-order valence-corrected chi connectivity index (χ1v) is 9.64. The molecule has 2 aliphatic carbocycles. The van der Waals surface area contributed by atoms with E-state index < -0.39 is 0 Å². The second-order valence-electron chi connectivity index (χ2n) is 7.86. The predicted octanol–water partition coefficient (Wildman–Crippen LogP) is 4.45. The Morgan fingerprint density at radius 3 is 2.29 bits per heavy atom. The summed E-state index contributed by atoms with van der Waals surface area (Å²) in [5.41, 5.74) is 0.556. The van der Waals surface area contributed by atoms with E-state index in [1.165, 1.54) is 84.0 Å². The molecule has 124 valence electrons. The Bertz CT molecular complexity index is 275. The molecule has 2 aliphatic rings. The second kappa shape index (κ2) is 8.53. The van der Waals surface area contributed by atoms with Gasteiger partial charge in [-0.1, -0.05) is 46.5 Å². The van der Waals surface area contributed by atoms with Gasteiger partial charge in [-0.05, 0) is 56.5 Å². The van der Waals surface area contributed by atoms with Crippen LogP contribution in [0.5, 0.6) is 0 Å². The van der Waals surface area contributed by atoms with Gasteiger partial charge in [-0.15, -0.1) is 0 Å². The summed E-state index contributed by atoms with van der Waals surface area (Å²) in [6, 6.07) is 0.886. The molecule has 2 saturated carbocycles. The molecule has 0 unspecified atom stereocenters. The minimum absolute atomic E-state index is 0.556. The van der Waals surface area contributed by atoms with E-state index in [4.69, 9.17) is 0 Å². The monoisotopic (exact) mass is 294 g/mol. The molecule has 0 aromatic heterocycles. The third-order valence-corrected chi connectivity index (χ3v) is 6.05. The van der Waals surface area contributed by atoms with Crippen molar-refractivity contribution in [2.45, 2.75) is 84.6 Å². The number of hydrogen-bond donors (Lipinski definition) is 1. The van der Waals surface area contributed by atoms with Crippen LogP contribution in [0.25, 0.3) is 0 Å². The largest absolute Gasteiger partial charge is 0.316 e. The summed E-state index contributed by atoms with van der Waals surface area (Å²) in [6.07, 6.45) is 12.8. The minimum atomic E-state index is 0.556. The lowest BCUT2D eigenvalue weighted by molar-refractivity contribution is 0.0670. The minimum Gasteiger partial charge on any atom is -0.316 e. The van der Waals surface area contributed by atoms with E-state index in [1.807, 2.05) is 0 Å². The van der Waals surface area contributed by atoms with E-state index in [0.717, 1.165) is 12.0 Å². The summed E-state index contributed by atoms with van der Waals surface area (Å²) in [5, 5.41) is 3.75. The van der Waals surface area contributed by atoms with E-state index in [-0.39, 0.29) is 0 Å². The van der Waals surface area contributed by atoms with Gasteiger partial charge < -0.3 is 10.2 Å². The first kappa shape index (κ1) is 17.3. The Labute approximate surface area is 133 Å². The molecule has 0 atom stereocenters. The summed E-state index contributed by atoms with van der Waals surface area (Å²) < 4.78 is 0. The Morgan fingerprint density at radius 2 is 1.71 bits per heavy atom. The molecule has 0 bridgehead atoms. The molecule has 0 spiro atoms. The van der Waals surface area contributed by atoms with E-state index in [2.05, 4.69) is 31.0 Å². The highest BCUT2D eigenvalue weighted by molar-refractivity contribution is 4.91. The molecule has 1 N–H and O–H groups in total. The molecular weight excluding hydrogens is 256 g/mol. The summed E-state index contributed by atoms with van der Waals surface area (Å²) in [5.74, 6) is 0.950. The highest BCUT2D eigenvalue weighted by Gasteiger charge is 2.37. The lowest BCUT2D eigenvalue weighted by atomic mass is 9.70. The molecule has 0 aliphatic heterocycles. The zero-order chi connectivity index (χ0) is 15.1. The van der Waals surface area contributed by atoms with Crippen molar-refractivity contribution < 1.29 is 0 Å². The summed E-state index contributed by atoms with van der Waals surface area (Å²) in [6.45, 7) is 12.1. The number of hydrogen-bond acceptors (Lipinski definition) is 2. The van der Waals surface area contributed by atoms with Crippen LogP contribution in [0.4, 0.5) is 0 Å². The first-order valence-electron chi connectivity index (χ1n) is 9.64. The molecule has 2 heteroatoms. The molecule has 0 aromatic rings. The fraction of sp³-hybridized carbons (Fsp3) is 1.00. The quantitative estimate of drug-likeness (QED) is 0.665. The van der Waals surface area contributed by atoms with Gasteiger partial charge in [0.25, 0.3) is 0 Å². The maximum atomic E-state index is 3.75. The van der Waals surface area contributed by atoms with Gasteiger partial charge in [0, 0.05) is 19.1 Å². The molecule has 0 radical (unpaired) electrons. The van der Waals surface area contributed by atoms with Crippen molar-refractivity contribution in [3.63, 3.8) is 0 Å². The fourth-order valence-corrected chi connectivity index (χ4v) is 4.49. The van der Waals surface area contributed by atoms with Crippen LogP contribution >= 0.6 is 0 Å². The van der Waals surface area contributed by atoms with Crippen LogP contribution in [0.2, 0.25) is 0 Å². The van der Waals surface area contributed by atoms with Crippen molar-refractivity contribution in [1.82, 2.24) is 10.2 Å². The number of nitrogens with zero attached hydrogens (tertiary/aromatic N) is 1. The third-order valence-electron chi connectivity index (χ3n) is 6.05. The highest BCUT2D eigenvalue weighted by atomic mass is 15.2. The third kappa shape index (κ3) is 4.96. The molecule has 0 saturated heterocycles. The maximum Gasteiger partial charge on any atom is 0.00953 e. The van der Waals surface area contributed by atoms with Crippen molar-refractivity contribution >= 4 is 0 Å². The van der Waals surface area contributed by atoms with Gasteiger partial charge in [0.15, 0.2) is 0 Å². The van der Waals surface area contributed by atoms with Crippen LogP contribution < -0.4 is 5.32 Å². The van der Waals surface area contributed by atoms with Gasteiger partial charge in [-0.2, -0.15) is 0 Å². The van der Waals surface area contributed by atoms with Crippen LogP contribution in [-0.4, -0.2) is 37.1 Å². The second-order valence-corrected chi connectivity index (χ2v) is 7.86. The van der Waals surface area contributed by atoms with Gasteiger partial charge in [0.2, 0.25) is 0 Å². The lowest BCUT2D eigenvalue weighted by Crippen LogP contribution is -2.48. The van der Waals surface area contributed by atoms with E-state index in [1.54, 1.807) is 0 Å². The van der Waals surface area contributed by atoms with Crippen molar-refractivity contribution in [3.8, 4) is 0 Å². The van der Waals surface area contributed by atoms with E-state index >= 15 is 0 Å². The summed E-state index contributed by atoms with van der Waals surface area (Å²) >= 11 is 0. The van der Waals surface area contributed by atoms with Gasteiger partial charge in [-0.25, -0.2) is 0 Å². The van der Waals surface area contributed by atoms with Gasteiger partial charge in [-0.3, -0.25) is 0 Å². The van der Waals surface area contributed by atoms with Gasteiger partial charge in [0.05, 0.1) is 0 Å². The topological polar surface area (TPSA) is 15.3 Å². The predicted molar refractivity (Wildman–Crippen MR) is 92.7 cm³/mol. The standard InChI is InChI=1S/C19H38N2/c1-4-14-20-15-19(12-10-17(3)11-13-19)16-21(5-2)18-8-6-7-9-18/h17-18,20H,4-16H2,1-3H3. The van der Waals surface area contributed by atoms with Crippen LogP contribution in [-0.2, 0) is 0 Å². The van der Waals surface area contributed by atoms with E-state index in [0.29, 0.717) is 5.41 Å². The lowest BCUT2D eigenvalue weighted by Gasteiger charge is -2.44. The fourth-order valence-electron chi connectivity index (χ4n) is 4.49. The Balaban J connectivity index is 1.96. The zero-order valence-corrected chi connectivity index (χ0v) is 14.8. The van der Waals surface area contributed by atoms with Crippen LogP contribution in [0.3, 0.4) is 0 Å². The van der Waals surface area contributed by atoms with E-state index in [9.17, 15) is 0 Å². The van der Waals surface area contributed by atoms with Crippen LogP contribution in [0.15, 0.2) is 0 Å². The Morgan fingerprint density at radius 1 is 1.05 bits per heavy atom. The molecule has 0 heterocycles. The molecular formula is C19H38N2. The highest BCUT2D eigenvalue weighted by Crippen LogP contribution is 2.40. The Hall–Kier alpha value is -0.0800. The molecule has 2 nitrogen and oxygen atoms in total. The molecule has 0 amide bonds. The van der Waals surface area contributed by atoms with Gasteiger partial charge in [0.1, 0.15) is 0 Å². The SMILES string of the molecule is CCCNCC1(CN(CC)C2CCCC2)CCC(C)CC1.